The topological polar surface area (TPSA) is 69.3 Å². The molecular formula is C23H34N4O2. The van der Waals surface area contributed by atoms with Gasteiger partial charge in [-0.15, -0.1) is 0 Å². The maximum atomic E-state index is 13.0. The number of piperidine rings is 1. The number of aromatic nitrogens is 2. The molecule has 6 nitrogen and oxygen atoms in total. The second-order valence-electron chi connectivity index (χ2n) is 9.75. The molecule has 1 aromatic heterocycles. The Morgan fingerprint density at radius 3 is 2.59 bits per heavy atom. The molecule has 0 aromatic carbocycles. The zero-order valence-corrected chi connectivity index (χ0v) is 17.7. The number of carbonyl (C=O) groups excluding carboxylic acids is 1. The van der Waals surface area contributed by atoms with Gasteiger partial charge in [0.25, 0.3) is 5.56 Å². The van der Waals surface area contributed by atoms with Crippen molar-refractivity contribution in [1.29, 1.82) is 0 Å². The highest BCUT2D eigenvalue weighted by Crippen LogP contribution is 2.42. The summed E-state index contributed by atoms with van der Waals surface area (Å²) < 4.78 is 0. The van der Waals surface area contributed by atoms with E-state index in [1.807, 2.05) is 4.90 Å². The zero-order valence-electron chi connectivity index (χ0n) is 17.7. The van der Waals surface area contributed by atoms with E-state index >= 15 is 0 Å². The van der Waals surface area contributed by atoms with Gasteiger partial charge in [-0.3, -0.25) is 14.5 Å². The summed E-state index contributed by atoms with van der Waals surface area (Å²) in [5.74, 6) is 1.68. The van der Waals surface area contributed by atoms with Crippen molar-refractivity contribution in [2.75, 3.05) is 13.1 Å². The third-order valence-corrected chi connectivity index (χ3v) is 7.74. The highest BCUT2D eigenvalue weighted by Gasteiger charge is 2.44. The molecule has 1 aromatic rings. The molecular weight excluding hydrogens is 364 g/mol. The van der Waals surface area contributed by atoms with Gasteiger partial charge in [-0.2, -0.15) is 0 Å². The molecule has 29 heavy (non-hydrogen) atoms. The third-order valence-electron chi connectivity index (χ3n) is 7.74. The molecule has 0 bridgehead atoms. The van der Waals surface area contributed by atoms with Crippen LogP contribution in [-0.4, -0.2) is 44.8 Å². The largest absolute Gasteiger partial charge is 0.332 e. The normalized spacial score (nSPS) is 30.8. The quantitative estimate of drug-likeness (QED) is 0.849. The number of amides is 1. The van der Waals surface area contributed by atoms with Gasteiger partial charge in [-0.1, -0.05) is 26.2 Å². The summed E-state index contributed by atoms with van der Waals surface area (Å²) in [6.45, 7) is 4.70. The molecule has 2 aliphatic heterocycles. The number of H-pyrrole nitrogens is 1. The number of hydrogen-bond acceptors (Lipinski definition) is 4. The van der Waals surface area contributed by atoms with E-state index in [0.717, 1.165) is 68.8 Å². The predicted octanol–water partition coefficient (Wildman–Crippen LogP) is 3.17. The first-order chi connectivity index (χ1) is 14.1. The number of nitrogens with zero attached hydrogens (tertiary/aromatic N) is 3. The van der Waals surface area contributed by atoms with Crippen LogP contribution in [0.3, 0.4) is 0 Å². The van der Waals surface area contributed by atoms with Crippen molar-refractivity contribution in [3.05, 3.63) is 27.4 Å². The van der Waals surface area contributed by atoms with E-state index < -0.39 is 0 Å². The van der Waals surface area contributed by atoms with E-state index in [4.69, 9.17) is 4.98 Å². The van der Waals surface area contributed by atoms with E-state index in [9.17, 15) is 9.59 Å². The highest BCUT2D eigenvalue weighted by molar-refractivity contribution is 5.82. The second-order valence-corrected chi connectivity index (χ2v) is 9.75. The lowest BCUT2D eigenvalue weighted by Gasteiger charge is -2.38. The van der Waals surface area contributed by atoms with Crippen molar-refractivity contribution in [2.24, 2.45) is 11.8 Å². The number of fused-ring (bicyclic) bond motifs is 1. The van der Waals surface area contributed by atoms with Gasteiger partial charge in [0, 0.05) is 37.2 Å². The molecule has 4 aliphatic rings. The zero-order chi connectivity index (χ0) is 20.0. The van der Waals surface area contributed by atoms with E-state index in [2.05, 4.69) is 16.8 Å². The molecule has 2 aliphatic carbocycles. The molecule has 0 radical (unpaired) electrons. The Morgan fingerprint density at radius 2 is 1.83 bits per heavy atom. The Kier molecular flexibility index (Phi) is 5.23. The van der Waals surface area contributed by atoms with Gasteiger partial charge in [0.2, 0.25) is 5.91 Å². The number of rotatable bonds is 3. The van der Waals surface area contributed by atoms with Crippen molar-refractivity contribution in [3.8, 4) is 0 Å². The van der Waals surface area contributed by atoms with Crippen LogP contribution in [0.2, 0.25) is 0 Å². The van der Waals surface area contributed by atoms with Crippen molar-refractivity contribution in [2.45, 2.75) is 89.8 Å². The van der Waals surface area contributed by atoms with Crippen LogP contribution in [-0.2, 0) is 17.8 Å². The van der Waals surface area contributed by atoms with E-state index in [1.165, 1.54) is 32.1 Å². The molecule has 1 N–H and O–H groups in total. The molecule has 3 atom stereocenters. The number of nitrogens with one attached hydrogen (secondary N) is 1. The molecule has 3 heterocycles. The molecule has 1 amide bonds. The number of likely N-dealkylation sites (tertiary alicyclic amines) is 1. The van der Waals surface area contributed by atoms with E-state index in [1.54, 1.807) is 0 Å². The van der Waals surface area contributed by atoms with Gasteiger partial charge in [0.1, 0.15) is 5.82 Å². The van der Waals surface area contributed by atoms with Crippen molar-refractivity contribution >= 4 is 5.91 Å². The van der Waals surface area contributed by atoms with Gasteiger partial charge < -0.3 is 9.88 Å². The molecule has 0 spiro atoms. The molecule has 1 saturated heterocycles. The average molecular weight is 399 g/mol. The lowest BCUT2D eigenvalue weighted by Crippen LogP contribution is -2.44. The van der Waals surface area contributed by atoms with Crippen LogP contribution in [0.15, 0.2) is 4.79 Å². The fourth-order valence-electron chi connectivity index (χ4n) is 5.75. The molecule has 3 unspecified atom stereocenters. The number of carbonyl (C=O) groups is 1. The van der Waals surface area contributed by atoms with Gasteiger partial charge in [0.15, 0.2) is 0 Å². The van der Waals surface area contributed by atoms with Crippen LogP contribution in [0, 0.1) is 11.8 Å². The third kappa shape index (κ3) is 3.76. The Balaban J connectivity index is 1.40. The maximum Gasteiger partial charge on any atom is 0.254 e. The lowest BCUT2D eigenvalue weighted by molar-refractivity contribution is -0.137. The van der Waals surface area contributed by atoms with Crippen molar-refractivity contribution in [1.82, 2.24) is 19.8 Å². The lowest BCUT2D eigenvalue weighted by atomic mass is 9.92. The minimum atomic E-state index is -0.0629. The average Bonchev–Trinajstić information content (AvgIpc) is 3.50. The van der Waals surface area contributed by atoms with Crippen molar-refractivity contribution in [3.63, 3.8) is 0 Å². The first kappa shape index (κ1) is 19.3. The summed E-state index contributed by atoms with van der Waals surface area (Å²) >= 11 is 0. The van der Waals surface area contributed by atoms with Gasteiger partial charge >= 0.3 is 0 Å². The van der Waals surface area contributed by atoms with Crippen LogP contribution in [0.1, 0.15) is 87.8 Å². The van der Waals surface area contributed by atoms with Crippen molar-refractivity contribution < 1.29 is 4.79 Å². The fraction of sp³-hybridized carbons (Fsp3) is 0.783. The Bertz CT molecular complexity index is 829. The van der Waals surface area contributed by atoms with Crippen LogP contribution in [0.5, 0.6) is 0 Å². The van der Waals surface area contributed by atoms with Gasteiger partial charge in [0.05, 0.1) is 11.7 Å². The molecule has 3 fully saturated rings. The molecule has 5 rings (SSSR count). The smallest absolute Gasteiger partial charge is 0.254 e. The summed E-state index contributed by atoms with van der Waals surface area (Å²) in [6.07, 6.45) is 11.4. The summed E-state index contributed by atoms with van der Waals surface area (Å²) in [5, 5.41) is 0. The van der Waals surface area contributed by atoms with Crippen LogP contribution >= 0.6 is 0 Å². The van der Waals surface area contributed by atoms with Crippen LogP contribution in [0.4, 0.5) is 0 Å². The summed E-state index contributed by atoms with van der Waals surface area (Å²) in [6, 6.07) is 0.581. The maximum absolute atomic E-state index is 13.0. The Labute approximate surface area is 173 Å². The van der Waals surface area contributed by atoms with E-state index in [-0.39, 0.29) is 23.4 Å². The number of aromatic amines is 1. The Morgan fingerprint density at radius 1 is 1.07 bits per heavy atom. The van der Waals surface area contributed by atoms with Crippen LogP contribution < -0.4 is 5.56 Å². The predicted molar refractivity (Wildman–Crippen MR) is 111 cm³/mol. The second kappa shape index (κ2) is 7.86. The molecule has 158 valence electrons. The minimum absolute atomic E-state index is 0.0195. The fourth-order valence-corrected chi connectivity index (χ4v) is 5.75. The Hall–Kier alpha value is -1.69. The van der Waals surface area contributed by atoms with E-state index in [0.29, 0.717) is 12.0 Å². The standard InChI is InChI=1S/C23H34N4O2/c1-15-13-18(15)23(29)27-11-6-5-9-20(27)21-24-19-14-26(16-7-3-2-4-8-16)12-10-17(19)22(28)25-21/h15-16,18,20H,2-14H2,1H3,(H,24,25,28). The summed E-state index contributed by atoms with van der Waals surface area (Å²) in [7, 11) is 0. The highest BCUT2D eigenvalue weighted by atomic mass is 16.2. The summed E-state index contributed by atoms with van der Waals surface area (Å²) in [4.78, 5) is 38.5. The van der Waals surface area contributed by atoms with Gasteiger partial charge in [-0.25, -0.2) is 4.98 Å². The first-order valence-corrected chi connectivity index (χ1v) is 11.8. The molecule has 2 saturated carbocycles. The summed E-state index contributed by atoms with van der Waals surface area (Å²) in [5.41, 5.74) is 1.84. The van der Waals surface area contributed by atoms with Crippen LogP contribution in [0.25, 0.3) is 0 Å². The van der Waals surface area contributed by atoms with Gasteiger partial charge in [-0.05, 0) is 50.9 Å². The monoisotopic (exact) mass is 398 g/mol. The molecule has 6 heteroatoms. The minimum Gasteiger partial charge on any atom is -0.332 e. The first-order valence-electron chi connectivity index (χ1n) is 11.8. The number of hydrogen-bond donors (Lipinski definition) is 1. The SMILES string of the molecule is CC1CC1C(=O)N1CCCCC1c1nc2c(c(=O)[nH]1)CCN(C1CCCCC1)C2.